The predicted octanol–water partition coefficient (Wildman–Crippen LogP) is 3.35. The molecule has 38 heavy (non-hydrogen) atoms. The van der Waals surface area contributed by atoms with Crippen molar-refractivity contribution in [2.75, 3.05) is 4.90 Å². The molecule has 0 unspecified atom stereocenters. The third-order valence-electron chi connectivity index (χ3n) is 6.11. The van der Waals surface area contributed by atoms with E-state index in [9.17, 15) is 14.8 Å². The molecule has 12 heteroatoms. The minimum Gasteiger partial charge on any atom is -0.410 e. The maximum absolute atomic E-state index is 12.9. The topological polar surface area (TPSA) is 139 Å². The lowest BCUT2D eigenvalue weighted by Crippen LogP contribution is -2.30. The molecule has 2 aromatic carbocycles. The predicted molar refractivity (Wildman–Crippen MR) is 138 cm³/mol. The maximum Gasteiger partial charge on any atom is 0.267 e. The van der Waals surface area contributed by atoms with Gasteiger partial charge in [0.05, 0.1) is 11.1 Å². The van der Waals surface area contributed by atoms with Crippen molar-refractivity contribution >= 4 is 34.7 Å². The Morgan fingerprint density at radius 1 is 0.921 bits per heavy atom. The second-order valence-corrected chi connectivity index (χ2v) is 9.28. The molecule has 0 aliphatic carbocycles. The van der Waals surface area contributed by atoms with E-state index in [1.165, 1.54) is 16.0 Å². The smallest absolute Gasteiger partial charge is 0.267 e. The summed E-state index contributed by atoms with van der Waals surface area (Å²) in [7, 11) is 1.65. The first-order chi connectivity index (χ1) is 18.5. The van der Waals surface area contributed by atoms with Crippen molar-refractivity contribution in [2.45, 2.75) is 6.42 Å². The fourth-order valence-corrected chi connectivity index (χ4v) is 5.18. The van der Waals surface area contributed by atoms with Crippen molar-refractivity contribution in [3.63, 3.8) is 0 Å². The van der Waals surface area contributed by atoms with Gasteiger partial charge in [-0.15, -0.1) is 16.4 Å². The Hall–Kier alpha value is -5.10. The van der Waals surface area contributed by atoms with Crippen LogP contribution in [0, 0.1) is 0 Å². The van der Waals surface area contributed by atoms with Crippen LogP contribution in [0.25, 0.3) is 10.6 Å². The minimum atomic E-state index is -0.384. The fourth-order valence-electron chi connectivity index (χ4n) is 4.31. The summed E-state index contributed by atoms with van der Waals surface area (Å²) in [6, 6.07) is 19.8. The van der Waals surface area contributed by atoms with Gasteiger partial charge in [-0.3, -0.25) is 9.59 Å². The van der Waals surface area contributed by atoms with Gasteiger partial charge in [-0.2, -0.15) is 0 Å². The Balaban J connectivity index is 1.30. The van der Waals surface area contributed by atoms with E-state index in [1.54, 1.807) is 48.8 Å². The summed E-state index contributed by atoms with van der Waals surface area (Å²) in [4.78, 5) is 36.3. The molecule has 0 saturated carbocycles. The number of oxime groups is 1. The highest BCUT2D eigenvalue weighted by Gasteiger charge is 2.37. The number of benzene rings is 2. The summed E-state index contributed by atoms with van der Waals surface area (Å²) in [5, 5.41) is 26.7. The SMILES string of the molecule is Cn1nnnc1C(=NO)c1csc(-c2ccccc2Cc2cccc(N3C(=O)c4ccccc4C3=O)n2)n1. The number of hydrogen-bond donors (Lipinski definition) is 1. The van der Waals surface area contributed by atoms with Crippen LogP contribution in [0.4, 0.5) is 5.82 Å². The Morgan fingerprint density at radius 2 is 1.63 bits per heavy atom. The van der Waals surface area contributed by atoms with Gasteiger partial charge in [-0.05, 0) is 40.3 Å². The van der Waals surface area contributed by atoms with Crippen molar-refractivity contribution < 1.29 is 14.8 Å². The zero-order valence-electron chi connectivity index (χ0n) is 19.9. The zero-order chi connectivity index (χ0) is 26.2. The minimum absolute atomic E-state index is 0.160. The van der Waals surface area contributed by atoms with Crippen LogP contribution in [0.3, 0.4) is 0 Å². The van der Waals surface area contributed by atoms with Crippen LogP contribution in [0.5, 0.6) is 0 Å². The Kier molecular flexibility index (Phi) is 5.77. The number of pyridine rings is 1. The van der Waals surface area contributed by atoms with E-state index in [2.05, 4.69) is 30.6 Å². The van der Waals surface area contributed by atoms with Crippen molar-refractivity contribution in [1.82, 2.24) is 30.2 Å². The molecule has 3 aromatic heterocycles. The average molecular weight is 523 g/mol. The van der Waals surface area contributed by atoms with E-state index >= 15 is 0 Å². The highest BCUT2D eigenvalue weighted by Crippen LogP contribution is 2.31. The van der Waals surface area contributed by atoms with Crippen molar-refractivity contribution in [2.24, 2.45) is 12.2 Å². The molecule has 0 fully saturated rings. The maximum atomic E-state index is 12.9. The molecule has 2 amide bonds. The van der Waals surface area contributed by atoms with Crippen LogP contribution in [0.1, 0.15) is 43.5 Å². The van der Waals surface area contributed by atoms with Gasteiger partial charge in [-0.25, -0.2) is 19.5 Å². The Labute approximate surface area is 219 Å². The molecule has 1 N–H and O–H groups in total. The normalized spacial score (nSPS) is 13.3. The van der Waals surface area contributed by atoms with Crippen molar-refractivity contribution in [1.29, 1.82) is 0 Å². The van der Waals surface area contributed by atoms with Gasteiger partial charge in [0.1, 0.15) is 16.5 Å². The van der Waals surface area contributed by atoms with Crippen molar-refractivity contribution in [3.05, 3.63) is 106 Å². The number of amides is 2. The zero-order valence-corrected chi connectivity index (χ0v) is 20.7. The van der Waals surface area contributed by atoms with Gasteiger partial charge < -0.3 is 5.21 Å². The highest BCUT2D eigenvalue weighted by molar-refractivity contribution is 7.13. The Morgan fingerprint density at radius 3 is 2.32 bits per heavy atom. The lowest BCUT2D eigenvalue weighted by molar-refractivity contribution is 0.0925. The summed E-state index contributed by atoms with van der Waals surface area (Å²) >= 11 is 1.39. The molecule has 11 nitrogen and oxygen atoms in total. The molecule has 0 atom stereocenters. The van der Waals surface area contributed by atoms with Gasteiger partial charge in [-0.1, -0.05) is 47.6 Å². The van der Waals surface area contributed by atoms with Gasteiger partial charge in [0.2, 0.25) is 5.82 Å². The molecule has 5 aromatic rings. The lowest BCUT2D eigenvalue weighted by Gasteiger charge is -2.14. The van der Waals surface area contributed by atoms with E-state index < -0.39 is 0 Å². The van der Waals surface area contributed by atoms with Crippen LogP contribution in [0.2, 0.25) is 0 Å². The molecule has 0 radical (unpaired) electrons. The Bertz CT molecular complexity index is 1710. The van der Waals surface area contributed by atoms with Crippen LogP contribution in [-0.2, 0) is 13.5 Å². The summed E-state index contributed by atoms with van der Waals surface area (Å²) in [6.45, 7) is 0. The second kappa shape index (κ2) is 9.41. The van der Waals surface area contributed by atoms with Gasteiger partial charge in [0.15, 0.2) is 5.71 Å². The number of aromatic nitrogens is 6. The first-order valence-corrected chi connectivity index (χ1v) is 12.4. The molecule has 0 bridgehead atoms. The average Bonchev–Trinajstić information content (AvgIpc) is 3.65. The quantitative estimate of drug-likeness (QED) is 0.155. The lowest BCUT2D eigenvalue weighted by atomic mass is 10.0. The molecule has 186 valence electrons. The molecule has 6 rings (SSSR count). The van der Waals surface area contributed by atoms with Gasteiger partial charge >= 0.3 is 0 Å². The standard InChI is InChI=1S/C26H18N8O3S/c1-33-23(29-31-32-33)22(30-37)20-14-38-24(28-20)17-9-3-2-7-15(17)13-16-8-6-12-21(27-16)34-25(35)18-10-4-5-11-19(18)26(34)36/h2-12,14,37H,13H2,1H3. The number of fused-ring (bicyclic) bond motifs is 1. The molecule has 4 heterocycles. The molecule has 1 aliphatic heterocycles. The number of anilines is 1. The van der Waals surface area contributed by atoms with Gasteiger partial charge in [0.25, 0.3) is 11.8 Å². The first kappa shape index (κ1) is 23.3. The third-order valence-corrected chi connectivity index (χ3v) is 6.99. The highest BCUT2D eigenvalue weighted by atomic mass is 32.1. The number of hydrogen-bond acceptors (Lipinski definition) is 10. The third kappa shape index (κ3) is 3.92. The van der Waals surface area contributed by atoms with E-state index in [0.29, 0.717) is 33.9 Å². The molecular formula is C26H18N8O3S. The van der Waals surface area contributed by atoms with E-state index in [1.807, 2.05) is 30.3 Å². The van der Waals surface area contributed by atoms with Crippen molar-refractivity contribution in [3.8, 4) is 10.6 Å². The number of aryl methyl sites for hydroxylation is 1. The summed E-state index contributed by atoms with van der Waals surface area (Å²) in [5.41, 5.74) is 3.85. The summed E-state index contributed by atoms with van der Waals surface area (Å²) in [6.07, 6.45) is 0.441. The van der Waals surface area contributed by atoms with E-state index in [0.717, 1.165) is 16.0 Å². The summed E-state index contributed by atoms with van der Waals surface area (Å²) in [5.74, 6) is -0.202. The molecule has 0 saturated heterocycles. The van der Waals surface area contributed by atoms with E-state index in [-0.39, 0.29) is 29.2 Å². The van der Waals surface area contributed by atoms with Crippen LogP contribution < -0.4 is 4.90 Å². The second-order valence-electron chi connectivity index (χ2n) is 8.42. The number of carbonyl (C=O) groups is 2. The number of nitrogens with zero attached hydrogens (tertiary/aromatic N) is 8. The number of tetrazole rings is 1. The molecule has 0 spiro atoms. The number of thiazole rings is 1. The fraction of sp³-hybridized carbons (Fsp3) is 0.0769. The first-order valence-electron chi connectivity index (χ1n) is 11.5. The number of imide groups is 1. The van der Waals surface area contributed by atoms with Crippen LogP contribution in [0.15, 0.2) is 77.3 Å². The molecule has 1 aliphatic rings. The van der Waals surface area contributed by atoms with E-state index in [4.69, 9.17) is 0 Å². The largest absolute Gasteiger partial charge is 0.410 e. The summed E-state index contributed by atoms with van der Waals surface area (Å²) < 4.78 is 1.40. The number of carbonyl (C=O) groups excluding carboxylic acids is 2. The van der Waals surface area contributed by atoms with Gasteiger partial charge in [0, 0.05) is 30.1 Å². The monoisotopic (exact) mass is 522 g/mol. The van der Waals surface area contributed by atoms with Crippen LogP contribution >= 0.6 is 11.3 Å². The number of rotatable bonds is 6. The van der Waals surface area contributed by atoms with Crippen LogP contribution in [-0.4, -0.2) is 52.9 Å². The molecular weight excluding hydrogens is 504 g/mol.